The molecule has 0 aromatic heterocycles. The fourth-order valence-corrected chi connectivity index (χ4v) is 0.650. The van der Waals surface area contributed by atoms with Crippen LogP contribution in [0.3, 0.4) is 0 Å². The first-order valence-electron chi connectivity index (χ1n) is 3.83. The van der Waals surface area contributed by atoms with E-state index < -0.39 is 11.7 Å². The van der Waals surface area contributed by atoms with Crippen LogP contribution < -0.4 is 5.53 Å². The van der Waals surface area contributed by atoms with Crippen molar-refractivity contribution >= 4 is 6.09 Å². The SMILES string of the molecule is CC(C)(C)OC(=O)N1C=CN=NN1. The lowest BCUT2D eigenvalue weighted by Crippen LogP contribution is -2.40. The number of amides is 1. The van der Waals surface area contributed by atoms with Crippen molar-refractivity contribution in [3.05, 3.63) is 12.4 Å². The van der Waals surface area contributed by atoms with E-state index in [0.29, 0.717) is 0 Å². The molecule has 0 bridgehead atoms. The Hall–Kier alpha value is -1.59. The molecule has 1 heterocycles. The molecule has 0 aromatic carbocycles. The van der Waals surface area contributed by atoms with Gasteiger partial charge in [0.2, 0.25) is 0 Å². The predicted octanol–water partition coefficient (Wildman–Crippen LogP) is 1.58. The van der Waals surface area contributed by atoms with Crippen LogP contribution in [0.4, 0.5) is 4.79 Å². The molecule has 0 spiro atoms. The molecule has 72 valence electrons. The van der Waals surface area contributed by atoms with Crippen LogP contribution in [-0.2, 0) is 4.74 Å². The van der Waals surface area contributed by atoms with E-state index in [1.54, 1.807) is 20.8 Å². The number of hydrogen-bond acceptors (Lipinski definition) is 5. The Labute approximate surface area is 76.2 Å². The average molecular weight is 184 g/mol. The normalized spacial score (nSPS) is 15.5. The average Bonchev–Trinajstić information content (AvgIpc) is 2.03. The molecule has 0 atom stereocenters. The molecule has 0 fully saturated rings. The smallest absolute Gasteiger partial charge is 0.434 e. The van der Waals surface area contributed by atoms with Gasteiger partial charge in [0.15, 0.2) is 0 Å². The van der Waals surface area contributed by atoms with Crippen molar-refractivity contribution in [1.82, 2.24) is 10.5 Å². The van der Waals surface area contributed by atoms with Crippen molar-refractivity contribution in [3.63, 3.8) is 0 Å². The molecule has 0 saturated carbocycles. The van der Waals surface area contributed by atoms with Gasteiger partial charge in [0.25, 0.3) is 0 Å². The number of rotatable bonds is 0. The summed E-state index contributed by atoms with van der Waals surface area (Å²) in [5, 5.41) is 8.02. The van der Waals surface area contributed by atoms with Crippen molar-refractivity contribution in [2.45, 2.75) is 26.4 Å². The van der Waals surface area contributed by atoms with Crippen molar-refractivity contribution < 1.29 is 9.53 Å². The van der Waals surface area contributed by atoms with Gasteiger partial charge in [-0.05, 0) is 20.8 Å². The second kappa shape index (κ2) is 3.42. The first-order valence-corrected chi connectivity index (χ1v) is 3.83. The zero-order chi connectivity index (χ0) is 9.90. The van der Waals surface area contributed by atoms with E-state index in [-0.39, 0.29) is 0 Å². The van der Waals surface area contributed by atoms with Gasteiger partial charge in [-0.25, -0.2) is 4.79 Å². The van der Waals surface area contributed by atoms with Crippen LogP contribution in [-0.4, -0.2) is 16.7 Å². The maximum absolute atomic E-state index is 11.3. The van der Waals surface area contributed by atoms with E-state index in [2.05, 4.69) is 15.9 Å². The fourth-order valence-electron chi connectivity index (χ4n) is 0.650. The van der Waals surface area contributed by atoms with Crippen molar-refractivity contribution in [3.8, 4) is 0 Å². The lowest BCUT2D eigenvalue weighted by Gasteiger charge is -2.24. The standard InChI is InChI=1S/C7H12N4O2/c1-7(2,3)13-6(12)11-5-4-8-9-10-11/h4-5H,1-3H3,(H,8,10). The summed E-state index contributed by atoms with van der Waals surface area (Å²) in [4.78, 5) is 11.3. The minimum absolute atomic E-state index is 0.512. The molecule has 0 unspecified atom stereocenters. The third-order valence-electron chi connectivity index (χ3n) is 1.08. The van der Waals surface area contributed by atoms with Crippen molar-refractivity contribution in [2.75, 3.05) is 0 Å². The largest absolute Gasteiger partial charge is 0.442 e. The maximum Gasteiger partial charge on any atom is 0.434 e. The summed E-state index contributed by atoms with van der Waals surface area (Å²) in [5.74, 6) is 0. The third kappa shape index (κ3) is 3.10. The Morgan fingerprint density at radius 3 is 2.69 bits per heavy atom. The Kier molecular flexibility index (Phi) is 2.50. The van der Waals surface area contributed by atoms with Gasteiger partial charge in [-0.15, -0.1) is 5.11 Å². The van der Waals surface area contributed by atoms with Gasteiger partial charge in [0, 0.05) is 0 Å². The molecular weight excluding hydrogens is 172 g/mol. The van der Waals surface area contributed by atoms with Crippen LogP contribution in [0.25, 0.3) is 0 Å². The van der Waals surface area contributed by atoms with Crippen LogP contribution in [0.2, 0.25) is 0 Å². The highest BCUT2D eigenvalue weighted by molar-refractivity contribution is 5.68. The van der Waals surface area contributed by atoms with Crippen LogP contribution in [0.5, 0.6) is 0 Å². The summed E-state index contributed by atoms with van der Waals surface area (Å²) >= 11 is 0. The highest BCUT2D eigenvalue weighted by Crippen LogP contribution is 2.09. The van der Waals surface area contributed by atoms with Crippen LogP contribution in [0, 0.1) is 0 Å². The van der Waals surface area contributed by atoms with Crippen molar-refractivity contribution in [2.24, 2.45) is 10.3 Å². The number of hydrogen-bond donors (Lipinski definition) is 1. The third-order valence-corrected chi connectivity index (χ3v) is 1.08. The van der Waals surface area contributed by atoms with E-state index in [1.165, 1.54) is 12.4 Å². The molecule has 1 N–H and O–H groups in total. The molecule has 6 nitrogen and oxygen atoms in total. The van der Waals surface area contributed by atoms with Gasteiger partial charge in [0.1, 0.15) is 5.60 Å². The topological polar surface area (TPSA) is 66.3 Å². The summed E-state index contributed by atoms with van der Waals surface area (Å²) in [6.45, 7) is 5.38. The lowest BCUT2D eigenvalue weighted by atomic mass is 10.2. The number of carbonyl (C=O) groups is 1. The molecule has 0 aromatic rings. The first kappa shape index (κ1) is 9.50. The second-order valence-corrected chi connectivity index (χ2v) is 3.46. The summed E-state index contributed by atoms with van der Waals surface area (Å²) in [6, 6.07) is 0. The zero-order valence-electron chi connectivity index (χ0n) is 7.81. The molecule has 0 saturated heterocycles. The minimum atomic E-state index is -0.513. The monoisotopic (exact) mass is 184 g/mol. The van der Waals surface area contributed by atoms with E-state index >= 15 is 0 Å². The predicted molar refractivity (Wildman–Crippen MR) is 45.2 cm³/mol. The Morgan fingerprint density at radius 2 is 2.23 bits per heavy atom. The molecular formula is C7H12N4O2. The van der Waals surface area contributed by atoms with Gasteiger partial charge < -0.3 is 4.74 Å². The van der Waals surface area contributed by atoms with E-state index in [0.717, 1.165) is 5.01 Å². The highest BCUT2D eigenvalue weighted by Gasteiger charge is 2.21. The molecule has 0 aliphatic carbocycles. The van der Waals surface area contributed by atoms with Gasteiger partial charge in [-0.1, -0.05) is 5.22 Å². The molecule has 1 rings (SSSR count). The maximum atomic E-state index is 11.3. The molecule has 13 heavy (non-hydrogen) atoms. The molecule has 1 amide bonds. The Bertz CT molecular complexity index is 254. The van der Waals surface area contributed by atoms with Gasteiger partial charge in [0.05, 0.1) is 12.4 Å². The Morgan fingerprint density at radius 1 is 1.54 bits per heavy atom. The van der Waals surface area contributed by atoms with E-state index in [4.69, 9.17) is 4.74 Å². The molecule has 6 heteroatoms. The van der Waals surface area contributed by atoms with Gasteiger partial charge in [-0.2, -0.15) is 10.5 Å². The quantitative estimate of drug-likeness (QED) is 0.621. The molecule has 1 aliphatic heterocycles. The molecule has 0 radical (unpaired) electrons. The van der Waals surface area contributed by atoms with Gasteiger partial charge >= 0.3 is 6.09 Å². The summed E-state index contributed by atoms with van der Waals surface area (Å²) in [6.07, 6.45) is 2.31. The fraction of sp³-hybridized carbons (Fsp3) is 0.571. The summed E-state index contributed by atoms with van der Waals surface area (Å²) in [5.41, 5.74) is 1.86. The van der Waals surface area contributed by atoms with Crippen molar-refractivity contribution in [1.29, 1.82) is 0 Å². The Balaban J connectivity index is 2.49. The molecule has 1 aliphatic rings. The number of carbonyl (C=O) groups excluding carboxylic acids is 1. The second-order valence-electron chi connectivity index (χ2n) is 3.46. The summed E-state index contributed by atoms with van der Waals surface area (Å²) < 4.78 is 5.05. The lowest BCUT2D eigenvalue weighted by molar-refractivity contribution is 0.0240. The minimum Gasteiger partial charge on any atom is -0.442 e. The zero-order valence-corrected chi connectivity index (χ0v) is 7.81. The highest BCUT2D eigenvalue weighted by atomic mass is 16.6. The van der Waals surface area contributed by atoms with Crippen LogP contribution in [0.15, 0.2) is 22.7 Å². The number of hydrazine groups is 1. The van der Waals surface area contributed by atoms with Crippen LogP contribution >= 0.6 is 0 Å². The van der Waals surface area contributed by atoms with Crippen LogP contribution in [0.1, 0.15) is 20.8 Å². The summed E-state index contributed by atoms with van der Waals surface area (Å²) in [7, 11) is 0. The van der Waals surface area contributed by atoms with E-state index in [9.17, 15) is 4.79 Å². The number of nitrogens with one attached hydrogen (secondary N) is 1. The number of ether oxygens (including phenoxy) is 1. The van der Waals surface area contributed by atoms with Gasteiger partial charge in [-0.3, -0.25) is 0 Å². The van der Waals surface area contributed by atoms with E-state index in [1.807, 2.05) is 0 Å². The number of nitrogens with zero attached hydrogens (tertiary/aromatic N) is 3. The first-order chi connectivity index (χ1) is 5.99.